The van der Waals surface area contributed by atoms with Crippen LogP contribution >= 0.6 is 15.9 Å². The van der Waals surface area contributed by atoms with Gasteiger partial charge in [-0.05, 0) is 28.9 Å². The van der Waals surface area contributed by atoms with Crippen molar-refractivity contribution in [3.63, 3.8) is 0 Å². The topological polar surface area (TPSA) is 77.3 Å². The molecule has 5 nitrogen and oxygen atoms in total. The summed E-state index contributed by atoms with van der Waals surface area (Å²) in [4.78, 5) is 31.8. The summed E-state index contributed by atoms with van der Waals surface area (Å²) in [5.41, 5.74) is -0.0544. The summed E-state index contributed by atoms with van der Waals surface area (Å²) in [5, 5.41) is 10.5. The van der Waals surface area contributed by atoms with Crippen molar-refractivity contribution in [2.24, 2.45) is 0 Å². The average molecular weight is 272 g/mol. The van der Waals surface area contributed by atoms with E-state index in [1.54, 1.807) is 0 Å². The summed E-state index contributed by atoms with van der Waals surface area (Å²) in [5.74, 6) is -0.312. The molecule has 0 aliphatic heterocycles. The van der Waals surface area contributed by atoms with E-state index in [-0.39, 0.29) is 27.1 Å². The number of carbonyl (C=O) groups is 2. The highest BCUT2D eigenvalue weighted by atomic mass is 79.9. The fourth-order valence-corrected chi connectivity index (χ4v) is 1.73. The number of aldehydes is 1. The molecule has 0 atom stereocenters. The first kappa shape index (κ1) is 11.5. The minimum absolute atomic E-state index is 0.0108. The number of nitrogens with zero attached hydrogens (tertiary/aromatic N) is 1. The van der Waals surface area contributed by atoms with E-state index in [9.17, 15) is 19.7 Å². The highest BCUT2D eigenvalue weighted by Gasteiger charge is 2.19. The lowest BCUT2D eigenvalue weighted by Gasteiger charge is -2.03. The molecule has 6 heteroatoms. The quantitative estimate of drug-likeness (QED) is 0.366. The van der Waals surface area contributed by atoms with Gasteiger partial charge in [0, 0.05) is 17.2 Å². The normalized spacial score (nSPS) is 9.73. The number of hydrogen-bond acceptors (Lipinski definition) is 4. The molecule has 0 unspecified atom stereocenters. The van der Waals surface area contributed by atoms with Gasteiger partial charge in [-0.25, -0.2) is 0 Å². The van der Waals surface area contributed by atoms with Gasteiger partial charge in [0.05, 0.1) is 4.92 Å². The summed E-state index contributed by atoms with van der Waals surface area (Å²) in [7, 11) is 0. The zero-order valence-electron chi connectivity index (χ0n) is 7.69. The van der Waals surface area contributed by atoms with Gasteiger partial charge >= 0.3 is 0 Å². The maximum atomic E-state index is 11.1. The zero-order chi connectivity index (χ0) is 11.6. The van der Waals surface area contributed by atoms with Crippen LogP contribution in [0.5, 0.6) is 0 Å². The van der Waals surface area contributed by atoms with Crippen molar-refractivity contribution in [3.05, 3.63) is 37.8 Å². The van der Waals surface area contributed by atoms with Crippen molar-refractivity contribution >= 4 is 33.7 Å². The van der Waals surface area contributed by atoms with Crippen LogP contribution in [0.1, 0.15) is 27.6 Å². The molecule has 1 aromatic rings. The van der Waals surface area contributed by atoms with Crippen molar-refractivity contribution in [2.45, 2.75) is 6.92 Å². The molecule has 0 saturated heterocycles. The fraction of sp³-hybridized carbons (Fsp3) is 0.111. The predicted molar refractivity (Wildman–Crippen MR) is 56.2 cm³/mol. The Morgan fingerprint density at radius 3 is 2.53 bits per heavy atom. The molecule has 78 valence electrons. The highest BCUT2D eigenvalue weighted by Crippen LogP contribution is 2.29. The number of nitro groups is 1. The highest BCUT2D eigenvalue weighted by molar-refractivity contribution is 9.10. The average Bonchev–Trinajstić information content (AvgIpc) is 2.16. The molecule has 0 fully saturated rings. The molecule has 0 radical (unpaired) electrons. The van der Waals surface area contributed by atoms with E-state index in [4.69, 9.17) is 0 Å². The summed E-state index contributed by atoms with van der Waals surface area (Å²) in [6.07, 6.45) is 0.424. The van der Waals surface area contributed by atoms with E-state index in [1.807, 2.05) is 0 Å². The second-order valence-corrected chi connectivity index (χ2v) is 3.58. The van der Waals surface area contributed by atoms with Gasteiger partial charge in [-0.3, -0.25) is 19.7 Å². The van der Waals surface area contributed by atoms with Crippen molar-refractivity contribution in [1.29, 1.82) is 0 Å². The van der Waals surface area contributed by atoms with Crippen molar-refractivity contribution in [2.75, 3.05) is 0 Å². The standard InChI is InChI=1S/C9H6BrNO4/c1-5(13)6-2-3-8(11(14)15)9(10)7(6)4-12/h2-4H,1H3. The van der Waals surface area contributed by atoms with Gasteiger partial charge in [0.2, 0.25) is 0 Å². The molecule has 1 aromatic carbocycles. The van der Waals surface area contributed by atoms with Crippen LogP contribution in [0.3, 0.4) is 0 Å². The van der Waals surface area contributed by atoms with Crippen LogP contribution in [-0.2, 0) is 0 Å². The number of halogens is 1. The van der Waals surface area contributed by atoms with Gasteiger partial charge in [0.15, 0.2) is 12.1 Å². The predicted octanol–water partition coefficient (Wildman–Crippen LogP) is 2.37. The van der Waals surface area contributed by atoms with Gasteiger partial charge in [-0.15, -0.1) is 0 Å². The minimum atomic E-state index is -0.624. The van der Waals surface area contributed by atoms with E-state index in [1.165, 1.54) is 19.1 Å². The van der Waals surface area contributed by atoms with Crippen molar-refractivity contribution in [1.82, 2.24) is 0 Å². The van der Waals surface area contributed by atoms with Crippen molar-refractivity contribution < 1.29 is 14.5 Å². The van der Waals surface area contributed by atoms with Crippen molar-refractivity contribution in [3.8, 4) is 0 Å². The smallest absolute Gasteiger partial charge is 0.284 e. The monoisotopic (exact) mass is 271 g/mol. The number of rotatable bonds is 3. The molecule has 0 aliphatic rings. The Balaban J connectivity index is 3.52. The summed E-state index contributed by atoms with van der Waals surface area (Å²) in [6.45, 7) is 1.29. The van der Waals surface area contributed by atoms with Crippen LogP contribution in [0, 0.1) is 10.1 Å². The Labute approximate surface area is 93.4 Å². The third-order valence-electron chi connectivity index (χ3n) is 1.85. The zero-order valence-corrected chi connectivity index (χ0v) is 9.28. The van der Waals surface area contributed by atoms with E-state index < -0.39 is 4.92 Å². The molecule has 1 rings (SSSR count). The largest absolute Gasteiger partial charge is 0.298 e. The van der Waals surface area contributed by atoms with Crippen LogP contribution < -0.4 is 0 Å². The first-order chi connectivity index (χ1) is 6.99. The van der Waals surface area contributed by atoms with E-state index in [2.05, 4.69) is 15.9 Å². The summed E-state index contributed by atoms with van der Waals surface area (Å²) < 4.78 is 0.0372. The number of ketones is 1. The summed E-state index contributed by atoms with van der Waals surface area (Å²) >= 11 is 2.94. The number of hydrogen-bond donors (Lipinski definition) is 0. The molecule has 0 aromatic heterocycles. The lowest BCUT2D eigenvalue weighted by Crippen LogP contribution is -2.02. The Bertz CT molecular complexity index is 456. The SMILES string of the molecule is CC(=O)c1ccc([N+](=O)[O-])c(Br)c1C=O. The first-order valence-electron chi connectivity index (χ1n) is 3.92. The maximum Gasteiger partial charge on any atom is 0.284 e. The lowest BCUT2D eigenvalue weighted by molar-refractivity contribution is -0.385. The third kappa shape index (κ3) is 2.10. The Kier molecular flexibility index (Phi) is 3.31. The maximum absolute atomic E-state index is 11.1. The Morgan fingerprint density at radius 1 is 1.53 bits per heavy atom. The number of Topliss-reactive ketones (excluding diaryl/α,β-unsaturated/α-hetero) is 1. The van der Waals surface area contributed by atoms with E-state index in [0.717, 1.165) is 0 Å². The molecular weight excluding hydrogens is 266 g/mol. The van der Waals surface area contributed by atoms with Gasteiger partial charge in [0.25, 0.3) is 5.69 Å². The first-order valence-corrected chi connectivity index (χ1v) is 4.71. The Morgan fingerprint density at radius 2 is 2.13 bits per heavy atom. The molecule has 15 heavy (non-hydrogen) atoms. The summed E-state index contributed by atoms with van der Waals surface area (Å²) in [6, 6.07) is 2.46. The second kappa shape index (κ2) is 4.31. The fourth-order valence-electron chi connectivity index (χ4n) is 1.14. The molecule has 0 N–H and O–H groups in total. The Hall–Kier alpha value is -1.56. The van der Waals surface area contributed by atoms with Gasteiger partial charge in [0.1, 0.15) is 4.47 Å². The van der Waals surface area contributed by atoms with E-state index >= 15 is 0 Å². The third-order valence-corrected chi connectivity index (χ3v) is 2.69. The van der Waals surface area contributed by atoms with Crippen LogP contribution in [0.4, 0.5) is 5.69 Å². The molecule has 0 amide bonds. The lowest BCUT2D eigenvalue weighted by atomic mass is 10.0. The molecule has 0 bridgehead atoms. The molecule has 0 spiro atoms. The minimum Gasteiger partial charge on any atom is -0.298 e. The van der Waals surface area contributed by atoms with Crippen LogP contribution in [-0.4, -0.2) is 17.0 Å². The molecule has 0 heterocycles. The van der Waals surface area contributed by atoms with Gasteiger partial charge in [-0.1, -0.05) is 0 Å². The second-order valence-electron chi connectivity index (χ2n) is 2.79. The van der Waals surface area contributed by atoms with E-state index in [0.29, 0.717) is 6.29 Å². The molecular formula is C9H6BrNO4. The number of carbonyl (C=O) groups excluding carboxylic acids is 2. The van der Waals surface area contributed by atoms with Crippen LogP contribution in [0.25, 0.3) is 0 Å². The van der Waals surface area contributed by atoms with Crippen LogP contribution in [0.15, 0.2) is 16.6 Å². The molecule has 0 aliphatic carbocycles. The van der Waals surface area contributed by atoms with Gasteiger partial charge < -0.3 is 0 Å². The number of benzene rings is 1. The number of nitro benzene ring substituents is 1. The van der Waals surface area contributed by atoms with Gasteiger partial charge in [-0.2, -0.15) is 0 Å². The van der Waals surface area contributed by atoms with Crippen LogP contribution in [0.2, 0.25) is 0 Å². The molecule has 0 saturated carbocycles.